The van der Waals surface area contributed by atoms with Crippen LogP contribution in [-0.4, -0.2) is 35.5 Å². The molecule has 1 aromatic heterocycles. The third kappa shape index (κ3) is 4.18. The summed E-state index contributed by atoms with van der Waals surface area (Å²) in [5.74, 6) is -1.48. The maximum atomic E-state index is 12.9. The minimum absolute atomic E-state index is 0.161. The Bertz CT molecular complexity index is 706. The standard InChI is InChI=1S/C17H18FNO4/c1-11-10-23-14(9-15(20)21)16(11)17(22)19(2)8-7-12-3-5-13(18)6-4-12/h3-6,10H,7-9H2,1-2H3,(H,20,21). The fourth-order valence-electron chi connectivity index (χ4n) is 2.29. The first-order valence-electron chi connectivity index (χ1n) is 7.17. The largest absolute Gasteiger partial charge is 0.481 e. The first kappa shape index (κ1) is 16.7. The number of likely N-dealkylation sites (N-methyl/N-ethyl adjacent to an activating group) is 1. The molecule has 0 spiro atoms. The lowest BCUT2D eigenvalue weighted by molar-refractivity contribution is -0.136. The molecule has 1 amide bonds. The van der Waals surface area contributed by atoms with Crippen LogP contribution < -0.4 is 0 Å². The number of amides is 1. The van der Waals surface area contributed by atoms with Gasteiger partial charge in [-0.05, 0) is 31.0 Å². The van der Waals surface area contributed by atoms with Gasteiger partial charge < -0.3 is 14.4 Å². The summed E-state index contributed by atoms with van der Waals surface area (Å²) in [6.07, 6.45) is 1.63. The Morgan fingerprint density at radius 1 is 1.26 bits per heavy atom. The smallest absolute Gasteiger partial charge is 0.311 e. The van der Waals surface area contributed by atoms with Gasteiger partial charge in [-0.15, -0.1) is 0 Å². The van der Waals surface area contributed by atoms with Gasteiger partial charge in [0.15, 0.2) is 0 Å². The molecule has 2 aromatic rings. The van der Waals surface area contributed by atoms with Gasteiger partial charge in [0.05, 0.1) is 11.8 Å². The maximum Gasteiger partial charge on any atom is 0.311 e. The lowest BCUT2D eigenvalue weighted by atomic mass is 10.1. The Labute approximate surface area is 133 Å². The number of hydrogen-bond acceptors (Lipinski definition) is 3. The molecule has 122 valence electrons. The fourth-order valence-corrected chi connectivity index (χ4v) is 2.29. The van der Waals surface area contributed by atoms with E-state index in [0.717, 1.165) is 5.56 Å². The molecule has 0 unspecified atom stereocenters. The molecule has 1 N–H and O–H groups in total. The van der Waals surface area contributed by atoms with Crippen molar-refractivity contribution in [2.45, 2.75) is 19.8 Å². The molecule has 23 heavy (non-hydrogen) atoms. The van der Waals surface area contributed by atoms with Gasteiger partial charge in [0.1, 0.15) is 18.0 Å². The average Bonchev–Trinajstić information content (AvgIpc) is 2.85. The van der Waals surface area contributed by atoms with Crippen LogP contribution in [0, 0.1) is 12.7 Å². The Morgan fingerprint density at radius 3 is 2.52 bits per heavy atom. The zero-order valence-corrected chi connectivity index (χ0v) is 13.0. The topological polar surface area (TPSA) is 70.7 Å². The molecule has 0 aliphatic rings. The number of carboxylic acids is 1. The number of benzene rings is 1. The molecule has 0 atom stereocenters. The predicted molar refractivity (Wildman–Crippen MR) is 81.8 cm³/mol. The lowest BCUT2D eigenvalue weighted by Crippen LogP contribution is -2.30. The zero-order chi connectivity index (χ0) is 17.0. The van der Waals surface area contributed by atoms with Gasteiger partial charge in [-0.2, -0.15) is 0 Å². The zero-order valence-electron chi connectivity index (χ0n) is 13.0. The summed E-state index contributed by atoms with van der Waals surface area (Å²) in [6, 6.07) is 6.10. The molecular formula is C17H18FNO4. The van der Waals surface area contributed by atoms with E-state index >= 15 is 0 Å². The molecule has 1 aromatic carbocycles. The second kappa shape index (κ2) is 7.09. The van der Waals surface area contributed by atoms with Crippen LogP contribution >= 0.6 is 0 Å². The van der Waals surface area contributed by atoms with Crippen LogP contribution in [-0.2, 0) is 17.6 Å². The molecular weight excluding hydrogens is 301 g/mol. The van der Waals surface area contributed by atoms with Crippen LogP contribution in [0.2, 0.25) is 0 Å². The van der Waals surface area contributed by atoms with Gasteiger partial charge in [0.25, 0.3) is 5.91 Å². The van der Waals surface area contributed by atoms with E-state index in [9.17, 15) is 14.0 Å². The number of aryl methyl sites for hydroxylation is 1. The molecule has 0 saturated carbocycles. The monoisotopic (exact) mass is 319 g/mol. The highest BCUT2D eigenvalue weighted by molar-refractivity contribution is 5.97. The number of rotatable bonds is 6. The van der Waals surface area contributed by atoms with Gasteiger partial charge >= 0.3 is 5.97 Å². The number of furan rings is 1. The first-order chi connectivity index (χ1) is 10.9. The van der Waals surface area contributed by atoms with Gasteiger partial charge in [-0.3, -0.25) is 9.59 Å². The summed E-state index contributed by atoms with van der Waals surface area (Å²) in [5.41, 5.74) is 1.83. The van der Waals surface area contributed by atoms with Crippen molar-refractivity contribution in [1.29, 1.82) is 0 Å². The van der Waals surface area contributed by atoms with Crippen molar-refractivity contribution < 1.29 is 23.5 Å². The molecule has 1 heterocycles. The molecule has 0 radical (unpaired) electrons. The van der Waals surface area contributed by atoms with E-state index in [2.05, 4.69) is 0 Å². The van der Waals surface area contributed by atoms with Gasteiger partial charge in [-0.25, -0.2) is 4.39 Å². The van der Waals surface area contributed by atoms with Crippen molar-refractivity contribution in [3.63, 3.8) is 0 Å². The van der Waals surface area contributed by atoms with E-state index in [1.807, 2.05) is 0 Å². The van der Waals surface area contributed by atoms with Crippen molar-refractivity contribution in [3.8, 4) is 0 Å². The number of aliphatic carboxylic acids is 1. The Hall–Kier alpha value is -2.63. The molecule has 6 heteroatoms. The van der Waals surface area contributed by atoms with Gasteiger partial charge in [0.2, 0.25) is 0 Å². The minimum Gasteiger partial charge on any atom is -0.481 e. The summed E-state index contributed by atoms with van der Waals surface area (Å²) >= 11 is 0. The molecule has 5 nitrogen and oxygen atoms in total. The summed E-state index contributed by atoms with van der Waals surface area (Å²) in [5, 5.41) is 8.88. The Kier molecular flexibility index (Phi) is 5.16. The molecule has 0 saturated heterocycles. The SMILES string of the molecule is Cc1coc(CC(=O)O)c1C(=O)N(C)CCc1ccc(F)cc1. The average molecular weight is 319 g/mol. The number of carbonyl (C=O) groups is 2. The fraction of sp³-hybridized carbons (Fsp3) is 0.294. The lowest BCUT2D eigenvalue weighted by Gasteiger charge is -2.17. The van der Waals surface area contributed by atoms with Crippen molar-refractivity contribution in [2.24, 2.45) is 0 Å². The van der Waals surface area contributed by atoms with Crippen LogP contribution in [0.4, 0.5) is 4.39 Å². The minimum atomic E-state index is -1.05. The van der Waals surface area contributed by atoms with E-state index in [0.29, 0.717) is 24.1 Å². The van der Waals surface area contributed by atoms with Crippen molar-refractivity contribution in [2.75, 3.05) is 13.6 Å². The van der Waals surface area contributed by atoms with Crippen LogP contribution in [0.5, 0.6) is 0 Å². The van der Waals surface area contributed by atoms with E-state index in [4.69, 9.17) is 9.52 Å². The quantitative estimate of drug-likeness (QED) is 0.888. The van der Waals surface area contributed by atoms with Gasteiger partial charge in [0, 0.05) is 19.2 Å². The maximum absolute atomic E-state index is 12.9. The number of nitrogens with zero attached hydrogens (tertiary/aromatic N) is 1. The molecule has 2 rings (SSSR count). The van der Waals surface area contributed by atoms with Crippen LogP contribution in [0.25, 0.3) is 0 Å². The highest BCUT2D eigenvalue weighted by Crippen LogP contribution is 2.19. The first-order valence-corrected chi connectivity index (χ1v) is 7.17. The number of carbonyl (C=O) groups excluding carboxylic acids is 1. The predicted octanol–water partition coefficient (Wildman–Crippen LogP) is 2.67. The Balaban J connectivity index is 2.06. The van der Waals surface area contributed by atoms with Crippen molar-refractivity contribution in [1.82, 2.24) is 4.90 Å². The number of hydrogen-bond donors (Lipinski definition) is 1. The van der Waals surface area contributed by atoms with Crippen LogP contribution in [0.15, 0.2) is 34.9 Å². The summed E-state index contributed by atoms with van der Waals surface area (Å²) in [6.45, 7) is 2.14. The number of halogens is 1. The molecule has 0 aliphatic carbocycles. The summed E-state index contributed by atoms with van der Waals surface area (Å²) in [4.78, 5) is 24.9. The second-order valence-corrected chi connectivity index (χ2v) is 5.39. The van der Waals surface area contributed by atoms with E-state index in [1.54, 1.807) is 26.1 Å². The third-order valence-electron chi connectivity index (χ3n) is 3.57. The molecule has 0 aliphatic heterocycles. The number of carboxylic acid groups (broad SMARTS) is 1. The van der Waals surface area contributed by atoms with E-state index in [-0.39, 0.29) is 23.9 Å². The van der Waals surface area contributed by atoms with Crippen LogP contribution in [0.1, 0.15) is 27.2 Å². The molecule has 0 fully saturated rings. The summed E-state index contributed by atoms with van der Waals surface area (Å²) < 4.78 is 18.1. The normalized spacial score (nSPS) is 10.6. The van der Waals surface area contributed by atoms with E-state index in [1.165, 1.54) is 23.3 Å². The molecule has 0 bridgehead atoms. The van der Waals surface area contributed by atoms with Crippen molar-refractivity contribution in [3.05, 3.63) is 58.8 Å². The highest BCUT2D eigenvalue weighted by Gasteiger charge is 2.23. The summed E-state index contributed by atoms with van der Waals surface area (Å²) in [7, 11) is 1.64. The van der Waals surface area contributed by atoms with Gasteiger partial charge in [-0.1, -0.05) is 12.1 Å². The Morgan fingerprint density at radius 2 is 1.91 bits per heavy atom. The highest BCUT2D eigenvalue weighted by atomic mass is 19.1. The van der Waals surface area contributed by atoms with Crippen LogP contribution in [0.3, 0.4) is 0 Å². The third-order valence-corrected chi connectivity index (χ3v) is 3.57. The van der Waals surface area contributed by atoms with E-state index < -0.39 is 5.97 Å². The van der Waals surface area contributed by atoms with Crippen molar-refractivity contribution >= 4 is 11.9 Å². The second-order valence-electron chi connectivity index (χ2n) is 5.39.